The molecule has 0 aromatic carbocycles. The van der Waals surface area contributed by atoms with E-state index in [1.165, 1.54) is 11.3 Å². The topological polar surface area (TPSA) is 75.4 Å². The summed E-state index contributed by atoms with van der Waals surface area (Å²) in [6, 6.07) is 0.301. The maximum atomic E-state index is 12.4. The molecule has 1 fully saturated rings. The van der Waals surface area contributed by atoms with Gasteiger partial charge in [-0.25, -0.2) is 13.1 Å². The van der Waals surface area contributed by atoms with E-state index in [1.807, 2.05) is 19.4 Å². The quantitative estimate of drug-likeness (QED) is 0.847. The van der Waals surface area contributed by atoms with Crippen LogP contribution >= 0.6 is 11.3 Å². The van der Waals surface area contributed by atoms with Crippen LogP contribution in [0.25, 0.3) is 0 Å². The Kier molecular flexibility index (Phi) is 4.62. The molecule has 3 N–H and O–H groups in total. The molecule has 19 heavy (non-hydrogen) atoms. The Morgan fingerprint density at radius 2 is 2.32 bits per heavy atom. The van der Waals surface area contributed by atoms with Crippen LogP contribution in [0.5, 0.6) is 0 Å². The lowest BCUT2D eigenvalue weighted by Crippen LogP contribution is -2.38. The van der Waals surface area contributed by atoms with E-state index < -0.39 is 10.0 Å². The maximum Gasteiger partial charge on any atom is 0.242 e. The zero-order valence-corrected chi connectivity index (χ0v) is 13.0. The molecule has 0 bridgehead atoms. The molecule has 1 aliphatic heterocycles. The second kappa shape index (κ2) is 5.88. The van der Waals surface area contributed by atoms with Crippen molar-refractivity contribution in [2.45, 2.75) is 37.2 Å². The van der Waals surface area contributed by atoms with Gasteiger partial charge in [-0.15, -0.1) is 11.3 Å². The second-order valence-corrected chi connectivity index (χ2v) is 7.67. The molecular formula is C12H21N3O2S2. The summed E-state index contributed by atoms with van der Waals surface area (Å²) in [6.45, 7) is 3.58. The molecular weight excluding hydrogens is 282 g/mol. The summed E-state index contributed by atoms with van der Waals surface area (Å²) in [5, 5.41) is 1.85. The van der Waals surface area contributed by atoms with Gasteiger partial charge in [0, 0.05) is 24.0 Å². The van der Waals surface area contributed by atoms with E-state index in [4.69, 9.17) is 5.73 Å². The van der Waals surface area contributed by atoms with Crippen LogP contribution in [0.1, 0.15) is 23.3 Å². The highest BCUT2D eigenvalue weighted by Crippen LogP contribution is 2.26. The van der Waals surface area contributed by atoms with Gasteiger partial charge in [-0.2, -0.15) is 0 Å². The third-order valence-electron chi connectivity index (χ3n) is 3.62. The molecule has 2 rings (SSSR count). The third kappa shape index (κ3) is 3.17. The van der Waals surface area contributed by atoms with Crippen molar-refractivity contribution in [3.05, 3.63) is 15.8 Å². The Morgan fingerprint density at radius 3 is 2.89 bits per heavy atom. The van der Waals surface area contributed by atoms with Crippen molar-refractivity contribution in [3.8, 4) is 0 Å². The molecule has 0 saturated carbocycles. The van der Waals surface area contributed by atoms with E-state index >= 15 is 0 Å². The van der Waals surface area contributed by atoms with E-state index in [1.54, 1.807) is 0 Å². The second-order valence-electron chi connectivity index (χ2n) is 5.00. The normalized spacial score (nSPS) is 21.1. The molecule has 2 heterocycles. The summed E-state index contributed by atoms with van der Waals surface area (Å²) >= 11 is 1.41. The number of nitrogens with one attached hydrogen (secondary N) is 1. The number of hydrogen-bond acceptors (Lipinski definition) is 5. The summed E-state index contributed by atoms with van der Waals surface area (Å²) in [7, 11) is -1.41. The van der Waals surface area contributed by atoms with Gasteiger partial charge < -0.3 is 10.6 Å². The minimum absolute atomic E-state index is 0.262. The van der Waals surface area contributed by atoms with Crippen molar-refractivity contribution in [2.75, 3.05) is 20.1 Å². The molecule has 1 atom stereocenters. The van der Waals surface area contributed by atoms with Crippen LogP contribution in [0.3, 0.4) is 0 Å². The Bertz CT molecular complexity index is 539. The number of likely N-dealkylation sites (N-methyl/N-ethyl adjacent to an activating group) is 1. The van der Waals surface area contributed by atoms with Crippen molar-refractivity contribution in [1.82, 2.24) is 9.62 Å². The molecule has 7 heteroatoms. The third-order valence-corrected chi connectivity index (χ3v) is 6.53. The van der Waals surface area contributed by atoms with Crippen molar-refractivity contribution >= 4 is 21.4 Å². The lowest BCUT2D eigenvalue weighted by atomic mass is 10.2. The van der Waals surface area contributed by atoms with E-state index in [9.17, 15) is 8.42 Å². The maximum absolute atomic E-state index is 12.4. The van der Waals surface area contributed by atoms with Crippen molar-refractivity contribution in [2.24, 2.45) is 5.73 Å². The van der Waals surface area contributed by atoms with Crippen molar-refractivity contribution in [3.63, 3.8) is 0 Å². The van der Waals surface area contributed by atoms with Gasteiger partial charge in [0.05, 0.1) is 0 Å². The van der Waals surface area contributed by atoms with Crippen LogP contribution in [0.4, 0.5) is 0 Å². The van der Waals surface area contributed by atoms with E-state index in [-0.39, 0.29) is 6.54 Å². The standard InChI is InChI=1S/C12H21N3O2S2/c1-9-8-18-11(6-13)12(9)19(16,17)14-7-10-4-3-5-15(10)2/h8,10,14H,3-7,13H2,1-2H3. The molecule has 0 amide bonds. The Hall–Kier alpha value is -0.470. The van der Waals surface area contributed by atoms with Gasteiger partial charge in [0.2, 0.25) is 10.0 Å². The van der Waals surface area contributed by atoms with Crippen molar-refractivity contribution in [1.29, 1.82) is 0 Å². The molecule has 5 nitrogen and oxygen atoms in total. The van der Waals surface area contributed by atoms with Crippen LogP contribution in [0.15, 0.2) is 10.3 Å². The average molecular weight is 303 g/mol. The summed E-state index contributed by atoms with van der Waals surface area (Å²) in [4.78, 5) is 3.30. The van der Waals surface area contributed by atoms with Gasteiger partial charge in [0.1, 0.15) is 4.90 Å². The zero-order valence-electron chi connectivity index (χ0n) is 11.3. The molecule has 0 spiro atoms. The highest BCUT2D eigenvalue weighted by Gasteiger charge is 2.26. The minimum Gasteiger partial charge on any atom is -0.326 e. The highest BCUT2D eigenvalue weighted by molar-refractivity contribution is 7.89. The van der Waals surface area contributed by atoms with Crippen LogP contribution in [-0.2, 0) is 16.6 Å². The van der Waals surface area contributed by atoms with Crippen LogP contribution in [-0.4, -0.2) is 39.5 Å². The molecule has 1 saturated heterocycles. The van der Waals surface area contributed by atoms with Crippen LogP contribution < -0.4 is 10.5 Å². The lowest BCUT2D eigenvalue weighted by Gasteiger charge is -2.19. The Labute approximate surface area is 118 Å². The monoisotopic (exact) mass is 303 g/mol. The largest absolute Gasteiger partial charge is 0.326 e. The highest BCUT2D eigenvalue weighted by atomic mass is 32.2. The number of nitrogens with two attached hydrogens (primary N) is 1. The first-order valence-corrected chi connectivity index (χ1v) is 8.79. The number of rotatable bonds is 5. The smallest absolute Gasteiger partial charge is 0.242 e. The molecule has 1 unspecified atom stereocenters. The fourth-order valence-corrected chi connectivity index (χ4v) is 5.28. The molecule has 1 aromatic heterocycles. The summed E-state index contributed by atoms with van der Waals surface area (Å²) < 4.78 is 27.5. The van der Waals surface area contributed by atoms with Gasteiger partial charge in [-0.3, -0.25) is 0 Å². The number of aryl methyl sites for hydroxylation is 1. The first-order valence-electron chi connectivity index (χ1n) is 6.42. The first kappa shape index (κ1) is 14.9. The number of sulfonamides is 1. The summed E-state index contributed by atoms with van der Waals surface area (Å²) in [5.41, 5.74) is 6.39. The summed E-state index contributed by atoms with van der Waals surface area (Å²) in [6.07, 6.45) is 2.18. The summed E-state index contributed by atoms with van der Waals surface area (Å²) in [5.74, 6) is 0. The number of hydrogen-bond donors (Lipinski definition) is 2. The van der Waals surface area contributed by atoms with Gasteiger partial charge in [0.15, 0.2) is 0 Å². The average Bonchev–Trinajstić information content (AvgIpc) is 2.93. The number of likely N-dealkylation sites (tertiary alicyclic amines) is 1. The molecule has 0 radical (unpaired) electrons. The lowest BCUT2D eigenvalue weighted by molar-refractivity contribution is 0.311. The van der Waals surface area contributed by atoms with Gasteiger partial charge in [0.25, 0.3) is 0 Å². The molecule has 1 aromatic rings. The fraction of sp³-hybridized carbons (Fsp3) is 0.667. The van der Waals surface area contributed by atoms with Gasteiger partial charge in [-0.1, -0.05) is 0 Å². The number of thiophene rings is 1. The van der Waals surface area contributed by atoms with E-state index in [0.717, 1.165) is 29.8 Å². The predicted octanol–water partition coefficient (Wildman–Crippen LogP) is 0.888. The Morgan fingerprint density at radius 1 is 1.58 bits per heavy atom. The van der Waals surface area contributed by atoms with Gasteiger partial charge in [-0.05, 0) is 44.3 Å². The number of nitrogens with zero attached hydrogens (tertiary/aromatic N) is 1. The minimum atomic E-state index is -3.45. The van der Waals surface area contributed by atoms with E-state index in [0.29, 0.717) is 17.5 Å². The predicted molar refractivity (Wildman–Crippen MR) is 77.8 cm³/mol. The van der Waals surface area contributed by atoms with Crippen LogP contribution in [0.2, 0.25) is 0 Å². The van der Waals surface area contributed by atoms with Gasteiger partial charge >= 0.3 is 0 Å². The fourth-order valence-electron chi connectivity index (χ4n) is 2.50. The first-order chi connectivity index (χ1) is 8.95. The molecule has 1 aliphatic rings. The molecule has 0 aliphatic carbocycles. The Balaban J connectivity index is 2.12. The molecule has 108 valence electrons. The SMILES string of the molecule is Cc1csc(CN)c1S(=O)(=O)NCC1CCCN1C. The van der Waals surface area contributed by atoms with Crippen LogP contribution in [0, 0.1) is 6.92 Å². The zero-order chi connectivity index (χ0) is 14.0. The van der Waals surface area contributed by atoms with Crippen molar-refractivity contribution < 1.29 is 8.42 Å². The van der Waals surface area contributed by atoms with E-state index in [2.05, 4.69) is 9.62 Å².